The molecule has 4 aliphatic carbocycles. The van der Waals surface area contributed by atoms with Crippen LogP contribution in [0.5, 0.6) is 0 Å². The van der Waals surface area contributed by atoms with Crippen LogP contribution in [0.25, 0.3) is 0 Å². The van der Waals surface area contributed by atoms with Crippen molar-refractivity contribution >= 4 is 6.21 Å². The lowest BCUT2D eigenvalue weighted by molar-refractivity contribution is -0.207. The van der Waals surface area contributed by atoms with Gasteiger partial charge in [-0.15, -0.1) is 5.16 Å². The minimum atomic E-state index is -0.607. The average Bonchev–Trinajstić information content (AvgIpc) is 2.94. The number of nitrogens with zero attached hydrogens (tertiary/aromatic N) is 1. The van der Waals surface area contributed by atoms with Gasteiger partial charge in [-0.3, -0.25) is 0 Å². The van der Waals surface area contributed by atoms with Gasteiger partial charge in [-0.2, -0.15) is 0 Å². The summed E-state index contributed by atoms with van der Waals surface area (Å²) in [6.07, 6.45) is 13.0. The maximum absolute atomic E-state index is 12.0. The second-order valence-corrected chi connectivity index (χ2v) is 10.7. The van der Waals surface area contributed by atoms with Gasteiger partial charge in [0, 0.05) is 24.2 Å². The molecule has 0 saturated heterocycles. The molecular formula is C23H40N2O3. The summed E-state index contributed by atoms with van der Waals surface area (Å²) in [6, 6.07) is 0. The summed E-state index contributed by atoms with van der Waals surface area (Å²) in [6.45, 7) is 6.26. The summed E-state index contributed by atoms with van der Waals surface area (Å²) >= 11 is 0. The molecule has 0 unspecified atom stereocenters. The molecule has 0 radical (unpaired) electrons. The van der Waals surface area contributed by atoms with E-state index in [-0.39, 0.29) is 11.3 Å². The second kappa shape index (κ2) is 7.55. The van der Waals surface area contributed by atoms with Gasteiger partial charge in [0.05, 0.1) is 11.7 Å². The monoisotopic (exact) mass is 392 g/mol. The normalized spacial score (nSPS) is 50.9. The predicted octanol–water partition coefficient (Wildman–Crippen LogP) is 3.95. The van der Waals surface area contributed by atoms with E-state index in [1.807, 2.05) is 0 Å². The molecular weight excluding hydrogens is 352 g/mol. The van der Waals surface area contributed by atoms with E-state index in [0.29, 0.717) is 29.9 Å². The van der Waals surface area contributed by atoms with Crippen LogP contribution in [-0.4, -0.2) is 41.4 Å². The molecule has 4 N–H and O–H groups in total. The van der Waals surface area contributed by atoms with E-state index in [1.54, 1.807) is 6.21 Å². The summed E-state index contributed by atoms with van der Waals surface area (Å²) in [5, 5.41) is 24.4. The molecule has 0 aromatic rings. The predicted molar refractivity (Wildman–Crippen MR) is 110 cm³/mol. The van der Waals surface area contributed by atoms with Crippen LogP contribution in [0.3, 0.4) is 0 Å². The fourth-order valence-electron chi connectivity index (χ4n) is 8.03. The Labute approximate surface area is 170 Å². The third kappa shape index (κ3) is 2.95. The Morgan fingerprint density at radius 3 is 2.64 bits per heavy atom. The van der Waals surface area contributed by atoms with Crippen molar-refractivity contribution in [1.82, 2.24) is 0 Å². The molecule has 0 amide bonds. The highest BCUT2D eigenvalue weighted by Crippen LogP contribution is 2.68. The molecule has 28 heavy (non-hydrogen) atoms. The van der Waals surface area contributed by atoms with Gasteiger partial charge in [0.1, 0.15) is 0 Å². The fourth-order valence-corrected chi connectivity index (χ4v) is 8.03. The molecule has 4 fully saturated rings. The van der Waals surface area contributed by atoms with Crippen molar-refractivity contribution in [3.8, 4) is 0 Å². The van der Waals surface area contributed by atoms with Crippen molar-refractivity contribution in [2.24, 2.45) is 45.4 Å². The maximum Gasteiger partial charge on any atom is 0.0738 e. The maximum atomic E-state index is 12.0. The van der Waals surface area contributed by atoms with Gasteiger partial charge in [0.15, 0.2) is 0 Å². The minimum absolute atomic E-state index is 0.147. The van der Waals surface area contributed by atoms with E-state index in [1.165, 1.54) is 25.7 Å². The molecule has 0 aromatic heterocycles. The summed E-state index contributed by atoms with van der Waals surface area (Å²) in [7, 11) is 0. The van der Waals surface area contributed by atoms with E-state index in [9.17, 15) is 5.11 Å². The molecule has 0 bridgehead atoms. The highest BCUT2D eigenvalue weighted by molar-refractivity contribution is 5.62. The van der Waals surface area contributed by atoms with Gasteiger partial charge in [0.2, 0.25) is 0 Å². The second-order valence-electron chi connectivity index (χ2n) is 10.7. The number of oxime groups is 1. The van der Waals surface area contributed by atoms with E-state index in [2.05, 4.69) is 19.0 Å². The topological polar surface area (TPSA) is 88.1 Å². The van der Waals surface area contributed by atoms with E-state index >= 15 is 0 Å². The minimum Gasteiger partial charge on any atom is -0.411 e. The Morgan fingerprint density at radius 2 is 1.89 bits per heavy atom. The first-order chi connectivity index (χ1) is 13.4. The number of rotatable bonds is 5. The van der Waals surface area contributed by atoms with Crippen LogP contribution >= 0.6 is 0 Å². The van der Waals surface area contributed by atoms with E-state index in [4.69, 9.17) is 15.7 Å². The fraction of sp³-hybridized carbons (Fsp3) is 0.957. The quantitative estimate of drug-likeness (QED) is 0.286. The summed E-state index contributed by atoms with van der Waals surface area (Å²) < 4.78 is 6.13. The number of hydrogen-bond donors (Lipinski definition) is 3. The largest absolute Gasteiger partial charge is 0.411 e. The van der Waals surface area contributed by atoms with Crippen molar-refractivity contribution < 1.29 is 15.1 Å². The summed E-state index contributed by atoms with van der Waals surface area (Å²) in [5.74, 6) is 1.91. The highest BCUT2D eigenvalue weighted by atomic mass is 16.5. The van der Waals surface area contributed by atoms with Crippen molar-refractivity contribution in [1.29, 1.82) is 0 Å². The molecule has 0 spiro atoms. The lowest BCUT2D eigenvalue weighted by Crippen LogP contribution is -2.62. The zero-order valence-corrected chi connectivity index (χ0v) is 17.8. The number of fused-ring (bicyclic) bond motifs is 5. The molecule has 5 heteroatoms. The number of nitrogens with two attached hydrogens (primary N) is 1. The standard InChI is InChI=1S/C23H40N2O3/c1-21-9-7-18(28-13-3-12-24)14-16(21)4-5-20-19(21)8-10-22(2)17(15-25-27)6-11-23(20,22)26/h15-20,26-27H,3-14,24H2,1-2H3/b25-15+/t16-,17-,18+,19+,20-,21+,22-,23+/m1/s1. The number of hydrogen-bond acceptors (Lipinski definition) is 5. The number of ether oxygens (including phenoxy) is 1. The van der Waals surface area contributed by atoms with Gasteiger partial charge in [0.25, 0.3) is 0 Å². The Morgan fingerprint density at radius 1 is 1.07 bits per heavy atom. The van der Waals surface area contributed by atoms with Gasteiger partial charge < -0.3 is 20.8 Å². The zero-order chi connectivity index (χ0) is 20.0. The van der Waals surface area contributed by atoms with Gasteiger partial charge in [-0.05, 0) is 93.9 Å². The third-order valence-electron chi connectivity index (χ3n) is 9.82. The SMILES string of the molecule is C[C@]12CC[C@H](OCCCN)C[C@H]1CC[C@@H]1[C@@H]2CC[C@]2(C)[C@@H](/C=N/O)CC[C@]12O. The molecule has 0 aromatic carbocycles. The van der Waals surface area contributed by atoms with Crippen LogP contribution in [0, 0.1) is 34.5 Å². The molecule has 4 aliphatic rings. The van der Waals surface area contributed by atoms with Crippen LogP contribution < -0.4 is 5.73 Å². The van der Waals surface area contributed by atoms with Crippen LogP contribution in [-0.2, 0) is 4.74 Å². The van der Waals surface area contributed by atoms with E-state index in [0.717, 1.165) is 51.0 Å². The van der Waals surface area contributed by atoms with Gasteiger partial charge >= 0.3 is 0 Å². The highest BCUT2D eigenvalue weighted by Gasteiger charge is 2.66. The number of aliphatic hydroxyl groups is 1. The smallest absolute Gasteiger partial charge is 0.0738 e. The Kier molecular flexibility index (Phi) is 5.56. The first-order valence-electron chi connectivity index (χ1n) is 11.6. The lowest BCUT2D eigenvalue weighted by Gasteiger charge is -2.63. The molecule has 160 valence electrons. The van der Waals surface area contributed by atoms with E-state index < -0.39 is 5.60 Å². The summed E-state index contributed by atoms with van der Waals surface area (Å²) in [5.41, 5.74) is 5.19. The van der Waals surface area contributed by atoms with Crippen LogP contribution in [0.4, 0.5) is 0 Å². The van der Waals surface area contributed by atoms with Gasteiger partial charge in [-0.25, -0.2) is 0 Å². The van der Waals surface area contributed by atoms with Crippen molar-refractivity contribution in [3.05, 3.63) is 0 Å². The molecule has 4 rings (SSSR count). The Bertz CT molecular complexity index is 598. The van der Waals surface area contributed by atoms with Crippen LogP contribution in [0.15, 0.2) is 5.16 Å². The summed E-state index contributed by atoms with van der Waals surface area (Å²) in [4.78, 5) is 0. The van der Waals surface area contributed by atoms with Crippen LogP contribution in [0.1, 0.15) is 78.1 Å². The molecule has 0 heterocycles. The van der Waals surface area contributed by atoms with Crippen molar-refractivity contribution in [3.63, 3.8) is 0 Å². The first-order valence-corrected chi connectivity index (χ1v) is 11.6. The van der Waals surface area contributed by atoms with Gasteiger partial charge in [-0.1, -0.05) is 13.8 Å². The Hall–Kier alpha value is -0.650. The molecule has 0 aliphatic heterocycles. The first kappa shape index (κ1) is 20.6. The van der Waals surface area contributed by atoms with Crippen LogP contribution in [0.2, 0.25) is 0 Å². The van der Waals surface area contributed by atoms with Crippen molar-refractivity contribution in [2.45, 2.75) is 89.8 Å². The molecule has 5 nitrogen and oxygen atoms in total. The Balaban J connectivity index is 1.51. The van der Waals surface area contributed by atoms with Crippen molar-refractivity contribution in [2.75, 3.05) is 13.2 Å². The molecule has 4 saturated carbocycles. The lowest BCUT2D eigenvalue weighted by atomic mass is 9.43. The third-order valence-corrected chi connectivity index (χ3v) is 9.82. The zero-order valence-electron chi connectivity index (χ0n) is 17.8. The molecule has 8 atom stereocenters. The average molecular weight is 393 g/mol.